The Morgan fingerprint density at radius 1 is 0.729 bits per heavy atom. The third-order valence-corrected chi connectivity index (χ3v) is 14.2. The van der Waals surface area contributed by atoms with Crippen molar-refractivity contribution in [3.63, 3.8) is 0 Å². The fraction of sp³-hybridized carbons (Fsp3) is 0.473. The molecule has 85 heavy (non-hydrogen) atoms. The molecule has 30 nitrogen and oxygen atoms in total. The molecule has 0 saturated carbocycles. The number of para-hydroxylation sites is 1. The van der Waals surface area contributed by atoms with Crippen molar-refractivity contribution >= 4 is 81.8 Å². The third-order valence-electron chi connectivity index (χ3n) is 14.2. The minimum atomic E-state index is -1.76. The van der Waals surface area contributed by atoms with Crippen molar-refractivity contribution in [3.05, 3.63) is 84.1 Å². The molecule has 0 radical (unpaired) electrons. The zero-order valence-corrected chi connectivity index (χ0v) is 47.2. The first-order valence-corrected chi connectivity index (χ1v) is 27.9. The quantitative estimate of drug-likeness (QED) is 0.0127. The highest BCUT2D eigenvalue weighted by molar-refractivity contribution is 5.99. The molecular formula is C55H76N17O13+. The van der Waals surface area contributed by atoms with Crippen LogP contribution in [0.1, 0.15) is 75.6 Å². The van der Waals surface area contributed by atoms with Crippen LogP contribution in [0.4, 0.5) is 0 Å². The lowest BCUT2D eigenvalue weighted by Gasteiger charge is -2.30. The van der Waals surface area contributed by atoms with Gasteiger partial charge in [0.15, 0.2) is 0 Å². The molecule has 20 N–H and O–H groups in total. The van der Waals surface area contributed by atoms with Crippen molar-refractivity contribution < 1.29 is 67.9 Å². The number of H-pyrrole nitrogens is 2. The average molecular weight is 1180 g/mol. The van der Waals surface area contributed by atoms with Crippen LogP contribution >= 0.6 is 0 Å². The van der Waals surface area contributed by atoms with Crippen LogP contribution in [-0.2, 0) is 72.0 Å². The summed E-state index contributed by atoms with van der Waals surface area (Å²) in [6.45, 7) is 1.77. The fourth-order valence-electron chi connectivity index (χ4n) is 9.83. The smallest absolute Gasteiger partial charge is 0.338 e. The van der Waals surface area contributed by atoms with E-state index >= 15 is 0 Å². The molecule has 2 aliphatic heterocycles. The lowest BCUT2D eigenvalue weighted by molar-refractivity contribution is -0.459. The topological polar surface area (TPSA) is 476 Å². The Kier molecular flexibility index (Phi) is 23.7. The molecular weight excluding hydrogens is 1110 g/mol. The number of imidazole rings is 1. The standard InChI is InChI=1S/C55H75N17O13/c1-29(2)19-38(49(80)67-37(9-5-17-60-55(57)58)54(85)72-18-6-10-43(72)53(84)62-25-44(56)75)66-46(77)26-63-47(78)39(20-30-11-13-33(74)14-12-30)68-52(83)42(27-73)71-50(81)40(21-31-23-61-35-8-4-3-7-34(31)35)69-51(82)41(22-32-24-59-28-64-32)70-48(79)36-15-16-45(76)65-36/h3-4,7-8,11-14,23-24,28-29,36-43,61,73-74H,5-6,9-10,15-22,25-27H2,1-2H3,(H2,56,75)(H,59,64)(H,62,84)(H,63,78)(H,65,76)(H,66,77)(H,67,80)(H,68,83)(H,69,82)(H,70,79)(H,71,81)(H4,57,58,60)/p+1/t36-,37-,38-,39-,40-,41-,42-,43-/m0/s1. The van der Waals surface area contributed by atoms with Gasteiger partial charge in [-0.05, 0) is 73.8 Å². The van der Waals surface area contributed by atoms with Crippen molar-refractivity contribution in [2.45, 2.75) is 126 Å². The summed E-state index contributed by atoms with van der Waals surface area (Å²) in [5.41, 5.74) is 18.5. The second-order valence-electron chi connectivity index (χ2n) is 21.2. The number of hydrogen-bond acceptors (Lipinski definition) is 14. The number of aliphatic hydroxyl groups excluding tert-OH is 1. The number of likely N-dealkylation sites (tertiary alicyclic amines) is 1. The molecule has 2 saturated heterocycles. The van der Waals surface area contributed by atoms with Gasteiger partial charge < -0.3 is 78.7 Å². The number of aromatic amines is 2. The Bertz CT molecular complexity index is 3060. The van der Waals surface area contributed by atoms with Crippen molar-refractivity contribution in [2.24, 2.45) is 23.1 Å². The van der Waals surface area contributed by atoms with Crippen LogP contribution in [0.3, 0.4) is 0 Å². The predicted octanol–water partition coefficient (Wildman–Crippen LogP) is -6.31. The SMILES string of the molecule is CC(C)C[C@H](NC(=O)CNC(=O)[C@H](Cc1ccc(O)cc1)NC(=O)[C@H](CO)NC(=O)[C@H](Cc1c[nH]c2ccccc12)NC(=O)[C@H](Cc1cnc[nH]1)NC(=O)[C@@H]1CCC(=O)N1)C(=O)N[C@@H](CCC[NH+]=C(N)N)C(=O)N1CCC[C@H]1C(=O)NCC(N)=O. The predicted molar refractivity (Wildman–Crippen MR) is 304 cm³/mol. The number of nitrogens with zero attached hydrogens (tertiary/aromatic N) is 2. The van der Waals surface area contributed by atoms with E-state index in [0.29, 0.717) is 34.1 Å². The van der Waals surface area contributed by atoms with Gasteiger partial charge in [0.2, 0.25) is 65.0 Å². The van der Waals surface area contributed by atoms with Gasteiger partial charge in [-0.2, -0.15) is 0 Å². The summed E-state index contributed by atoms with van der Waals surface area (Å²) in [5, 5.41) is 44.5. The van der Waals surface area contributed by atoms with E-state index < -0.39 is 127 Å². The second-order valence-corrected chi connectivity index (χ2v) is 21.2. The van der Waals surface area contributed by atoms with Gasteiger partial charge in [0.1, 0.15) is 54.1 Å². The maximum absolute atomic E-state index is 14.4. The number of aliphatic hydroxyl groups is 1. The summed E-state index contributed by atoms with van der Waals surface area (Å²) < 4.78 is 0. The second kappa shape index (κ2) is 31.2. The van der Waals surface area contributed by atoms with Crippen molar-refractivity contribution in [2.75, 3.05) is 32.8 Å². The highest BCUT2D eigenvalue weighted by atomic mass is 16.3. The molecule has 8 atom stereocenters. The number of aromatic nitrogens is 3. The van der Waals surface area contributed by atoms with Crippen LogP contribution in [0.15, 0.2) is 67.3 Å². The van der Waals surface area contributed by atoms with Gasteiger partial charge in [0.25, 0.3) is 0 Å². The molecule has 4 heterocycles. The highest BCUT2D eigenvalue weighted by Gasteiger charge is 2.39. The molecule has 2 aromatic heterocycles. The van der Waals surface area contributed by atoms with E-state index in [1.165, 1.54) is 41.7 Å². The van der Waals surface area contributed by atoms with Crippen molar-refractivity contribution in [3.8, 4) is 5.75 Å². The van der Waals surface area contributed by atoms with Gasteiger partial charge in [-0.15, -0.1) is 0 Å². The summed E-state index contributed by atoms with van der Waals surface area (Å²) in [4.78, 5) is 163. The summed E-state index contributed by atoms with van der Waals surface area (Å²) in [7, 11) is 0. The van der Waals surface area contributed by atoms with Crippen LogP contribution in [-0.4, -0.2) is 182 Å². The molecule has 6 rings (SSSR count). The molecule has 2 aliphatic rings. The van der Waals surface area contributed by atoms with Crippen LogP contribution in [0, 0.1) is 5.92 Å². The van der Waals surface area contributed by atoms with E-state index in [1.54, 1.807) is 44.3 Å². The van der Waals surface area contributed by atoms with Crippen LogP contribution in [0.5, 0.6) is 5.75 Å². The number of hydrogen-bond donors (Lipinski definition) is 17. The van der Waals surface area contributed by atoms with E-state index in [9.17, 15) is 63.0 Å². The van der Waals surface area contributed by atoms with Crippen LogP contribution in [0.2, 0.25) is 0 Å². The highest BCUT2D eigenvalue weighted by Crippen LogP contribution is 2.22. The first-order valence-electron chi connectivity index (χ1n) is 27.9. The number of phenolic OH excluding ortho intramolecular Hbond substituents is 1. The van der Waals surface area contributed by atoms with E-state index in [-0.39, 0.29) is 94.4 Å². The summed E-state index contributed by atoms with van der Waals surface area (Å²) in [6, 6.07) is 2.42. The van der Waals surface area contributed by atoms with Gasteiger partial charge in [-0.25, -0.2) is 4.98 Å². The van der Waals surface area contributed by atoms with Gasteiger partial charge in [0, 0.05) is 61.2 Å². The van der Waals surface area contributed by atoms with Crippen LogP contribution < -0.4 is 70.0 Å². The zero-order valence-electron chi connectivity index (χ0n) is 47.2. The minimum absolute atomic E-state index is 0.0468. The van der Waals surface area contributed by atoms with E-state index in [1.807, 2.05) is 0 Å². The number of primary amides is 1. The van der Waals surface area contributed by atoms with Crippen molar-refractivity contribution in [1.29, 1.82) is 0 Å². The summed E-state index contributed by atoms with van der Waals surface area (Å²) >= 11 is 0. The monoisotopic (exact) mass is 1180 g/mol. The third kappa shape index (κ3) is 19.5. The molecule has 30 heteroatoms. The number of rotatable bonds is 31. The molecule has 0 unspecified atom stereocenters. The van der Waals surface area contributed by atoms with E-state index in [2.05, 4.69) is 67.8 Å². The number of aromatic hydroxyl groups is 1. The Morgan fingerprint density at radius 3 is 2.04 bits per heavy atom. The van der Waals surface area contributed by atoms with Gasteiger partial charge in [0.05, 0.1) is 32.6 Å². The number of nitrogens with one attached hydrogen (secondary N) is 12. The molecule has 2 aromatic carbocycles. The number of fused-ring (bicyclic) bond motifs is 1. The Hall–Kier alpha value is -9.61. The summed E-state index contributed by atoms with van der Waals surface area (Å²) in [5.74, 6) is -8.68. The summed E-state index contributed by atoms with van der Waals surface area (Å²) in [6.07, 6.45) is 5.36. The minimum Gasteiger partial charge on any atom is -0.508 e. The number of carbonyl (C=O) groups is 11. The molecule has 458 valence electrons. The fourth-order valence-corrected chi connectivity index (χ4v) is 9.83. The first-order chi connectivity index (χ1) is 40.6. The Morgan fingerprint density at radius 2 is 1.39 bits per heavy atom. The van der Waals surface area contributed by atoms with E-state index in [0.717, 1.165) is 0 Å². The molecule has 0 bridgehead atoms. The van der Waals surface area contributed by atoms with E-state index in [4.69, 9.17) is 17.2 Å². The average Bonchev–Trinajstić information content (AvgIpc) is 4.32. The normalized spacial score (nSPS) is 16.8. The maximum atomic E-state index is 14.4. The Balaban J connectivity index is 1.16. The van der Waals surface area contributed by atoms with Gasteiger partial charge in [-0.3, -0.25) is 69.2 Å². The molecule has 0 spiro atoms. The lowest BCUT2D eigenvalue weighted by atomic mass is 10.0. The molecule has 0 aliphatic carbocycles. The number of nitrogens with two attached hydrogens (primary N) is 3. The van der Waals surface area contributed by atoms with Crippen LogP contribution in [0.25, 0.3) is 10.9 Å². The maximum Gasteiger partial charge on any atom is 0.338 e. The number of phenols is 1. The number of benzene rings is 2. The zero-order chi connectivity index (χ0) is 61.7. The number of amides is 11. The van der Waals surface area contributed by atoms with Gasteiger partial charge >= 0.3 is 5.96 Å². The molecule has 4 aromatic rings. The molecule has 2 fully saturated rings. The lowest BCUT2D eigenvalue weighted by Crippen LogP contribution is -2.78. The van der Waals surface area contributed by atoms with Gasteiger partial charge in [-0.1, -0.05) is 44.2 Å². The number of carbonyl (C=O) groups excluding carboxylic acids is 11. The first kappa shape index (κ1) is 64.6. The number of guanidine groups is 1. The largest absolute Gasteiger partial charge is 0.508 e. The van der Waals surface area contributed by atoms with Crippen molar-refractivity contribution in [1.82, 2.24) is 67.7 Å². The Labute approximate surface area is 488 Å². The molecule has 11 amide bonds.